The van der Waals surface area contributed by atoms with E-state index in [2.05, 4.69) is 98.5 Å². The quantitative estimate of drug-likeness (QED) is 0.208. The van der Waals surface area contributed by atoms with Crippen LogP contribution in [0.3, 0.4) is 0 Å². The summed E-state index contributed by atoms with van der Waals surface area (Å²) < 4.78 is 12.5. The molecule has 0 spiro atoms. The molecule has 0 bridgehead atoms. The summed E-state index contributed by atoms with van der Waals surface area (Å²) in [6.07, 6.45) is 7.89. The van der Waals surface area contributed by atoms with Gasteiger partial charge in [-0.15, -0.1) is 0 Å². The number of hydrogen-bond acceptors (Lipinski definition) is 2. The summed E-state index contributed by atoms with van der Waals surface area (Å²) in [6.45, 7) is 6.99. The molecule has 0 atom stereocenters. The minimum atomic E-state index is -2.58. The third kappa shape index (κ3) is 6.18. The third-order valence-corrected chi connectivity index (χ3v) is 21.4. The third-order valence-electron chi connectivity index (χ3n) is 6.39. The fourth-order valence-corrected chi connectivity index (χ4v) is 19.8. The van der Waals surface area contributed by atoms with Crippen LogP contribution < -0.4 is 8.68 Å². The Morgan fingerprint density at radius 1 is 0.613 bits per heavy atom. The molecule has 1 aromatic heterocycles. The first-order valence-electron chi connectivity index (χ1n) is 12.2. The summed E-state index contributed by atoms with van der Waals surface area (Å²) in [6, 6.07) is 25.8. The standard InChI is InChI=1S/C16H12NO.3C4H9.Sn/c1-3-8-14(9-4-1)17(16-12-7-13-18-16)15-10-5-2-6-11-15;3*1-3-4-2;/h1-12H;3*1,3-4H2,2H3;. The molecule has 166 valence electrons. The monoisotopic (exact) mass is 525 g/mol. The van der Waals surface area contributed by atoms with Crippen LogP contribution in [0.5, 0.6) is 0 Å². The van der Waals surface area contributed by atoms with E-state index in [0.29, 0.717) is 0 Å². The molecule has 0 aliphatic rings. The Balaban J connectivity index is 2.02. The van der Waals surface area contributed by atoms with Crippen molar-refractivity contribution in [1.82, 2.24) is 0 Å². The molecule has 2 aromatic carbocycles. The number of hydrogen-bond donors (Lipinski definition) is 0. The van der Waals surface area contributed by atoms with Gasteiger partial charge in [0.25, 0.3) is 0 Å². The SMILES string of the molecule is CCC[CH2][Sn]([CH2]CCC)([CH2]CCC)[c]1ccc(N(c2ccccc2)c2ccccc2)o1. The van der Waals surface area contributed by atoms with Gasteiger partial charge in [-0.3, -0.25) is 0 Å². The fraction of sp³-hybridized carbons (Fsp3) is 0.429. The van der Waals surface area contributed by atoms with Crippen LogP contribution in [0.25, 0.3) is 0 Å². The Bertz CT molecular complexity index is 813. The van der Waals surface area contributed by atoms with Crippen LogP contribution in [0.4, 0.5) is 17.3 Å². The number of para-hydroxylation sites is 2. The second kappa shape index (κ2) is 12.4. The van der Waals surface area contributed by atoms with Gasteiger partial charge in [0, 0.05) is 0 Å². The molecule has 0 radical (unpaired) electrons. The van der Waals surface area contributed by atoms with E-state index < -0.39 is 18.4 Å². The maximum absolute atomic E-state index is 6.83. The second-order valence-electron chi connectivity index (χ2n) is 8.74. The number of benzene rings is 2. The number of furan rings is 1. The summed E-state index contributed by atoms with van der Waals surface area (Å²) in [5.74, 6) is 0.956. The number of nitrogens with zero attached hydrogens (tertiary/aromatic N) is 1. The van der Waals surface area contributed by atoms with Gasteiger partial charge in [-0.1, -0.05) is 0 Å². The molecule has 2 nitrogen and oxygen atoms in total. The molecule has 3 aromatic rings. The Morgan fingerprint density at radius 3 is 1.48 bits per heavy atom. The molecular formula is C28H39NOSn. The molecule has 1 heterocycles. The molecule has 0 aliphatic carbocycles. The van der Waals surface area contributed by atoms with Crippen molar-refractivity contribution in [3.63, 3.8) is 0 Å². The van der Waals surface area contributed by atoms with Crippen LogP contribution in [-0.2, 0) is 0 Å². The van der Waals surface area contributed by atoms with E-state index in [1.54, 1.807) is 0 Å². The van der Waals surface area contributed by atoms with Crippen molar-refractivity contribution in [2.75, 3.05) is 4.90 Å². The molecule has 3 heteroatoms. The molecule has 0 amide bonds. The van der Waals surface area contributed by atoms with E-state index in [-0.39, 0.29) is 0 Å². The van der Waals surface area contributed by atoms with Crippen LogP contribution in [0.15, 0.2) is 77.2 Å². The van der Waals surface area contributed by atoms with Gasteiger partial charge in [-0.25, -0.2) is 0 Å². The molecule has 0 saturated heterocycles. The molecule has 0 saturated carbocycles. The molecule has 0 unspecified atom stereocenters. The second-order valence-corrected chi connectivity index (χ2v) is 21.7. The van der Waals surface area contributed by atoms with Gasteiger partial charge in [0.15, 0.2) is 0 Å². The van der Waals surface area contributed by atoms with Crippen molar-refractivity contribution in [3.05, 3.63) is 72.8 Å². The Labute approximate surface area is 193 Å². The van der Waals surface area contributed by atoms with Crippen LogP contribution in [0.2, 0.25) is 13.3 Å². The van der Waals surface area contributed by atoms with Gasteiger partial charge in [-0.05, 0) is 0 Å². The van der Waals surface area contributed by atoms with Crippen molar-refractivity contribution in [3.8, 4) is 0 Å². The normalized spacial score (nSPS) is 11.6. The fourth-order valence-electron chi connectivity index (χ4n) is 4.58. The predicted molar refractivity (Wildman–Crippen MR) is 138 cm³/mol. The molecule has 0 aliphatic heterocycles. The Kier molecular flexibility index (Phi) is 9.57. The number of unbranched alkanes of at least 4 members (excludes halogenated alkanes) is 3. The number of rotatable bonds is 13. The zero-order valence-electron chi connectivity index (χ0n) is 19.6. The molecule has 3 rings (SSSR count). The summed E-state index contributed by atoms with van der Waals surface area (Å²) in [5.41, 5.74) is 2.29. The van der Waals surface area contributed by atoms with E-state index in [1.165, 1.54) is 55.6 Å². The van der Waals surface area contributed by atoms with Gasteiger partial charge >= 0.3 is 194 Å². The zero-order chi connectivity index (χ0) is 21.9. The molecular weight excluding hydrogens is 485 g/mol. The van der Waals surface area contributed by atoms with Crippen LogP contribution >= 0.6 is 0 Å². The van der Waals surface area contributed by atoms with Gasteiger partial charge in [0.2, 0.25) is 0 Å². The van der Waals surface area contributed by atoms with E-state index in [4.69, 9.17) is 4.42 Å². The van der Waals surface area contributed by atoms with Crippen molar-refractivity contribution >= 4 is 39.4 Å². The van der Waals surface area contributed by atoms with Crippen molar-refractivity contribution in [2.45, 2.75) is 72.6 Å². The van der Waals surface area contributed by atoms with E-state index in [9.17, 15) is 0 Å². The summed E-state index contributed by atoms with van der Waals surface area (Å²) in [7, 11) is 0. The average molecular weight is 524 g/mol. The van der Waals surface area contributed by atoms with Gasteiger partial charge in [0.05, 0.1) is 0 Å². The van der Waals surface area contributed by atoms with E-state index in [0.717, 1.165) is 17.3 Å². The molecule has 31 heavy (non-hydrogen) atoms. The summed E-state index contributed by atoms with van der Waals surface area (Å²) >= 11 is -2.58. The topological polar surface area (TPSA) is 16.4 Å². The summed E-state index contributed by atoms with van der Waals surface area (Å²) in [5, 5.41) is 0. The molecule has 0 fully saturated rings. The van der Waals surface area contributed by atoms with Crippen molar-refractivity contribution in [1.29, 1.82) is 0 Å². The van der Waals surface area contributed by atoms with Crippen molar-refractivity contribution in [2.24, 2.45) is 0 Å². The van der Waals surface area contributed by atoms with Gasteiger partial charge in [0.1, 0.15) is 0 Å². The first-order chi connectivity index (χ1) is 15.2. The predicted octanol–water partition coefficient (Wildman–Crippen LogP) is 8.81. The van der Waals surface area contributed by atoms with Crippen LogP contribution in [0, 0.1) is 0 Å². The zero-order valence-corrected chi connectivity index (χ0v) is 22.5. The van der Waals surface area contributed by atoms with Crippen LogP contribution in [-0.4, -0.2) is 18.4 Å². The van der Waals surface area contributed by atoms with E-state index >= 15 is 0 Å². The first-order valence-corrected chi connectivity index (χ1v) is 19.7. The Hall–Kier alpha value is -1.68. The minimum absolute atomic E-state index is 0.956. The molecule has 0 N–H and O–H groups in total. The first kappa shape index (κ1) is 24.0. The average Bonchev–Trinajstić information content (AvgIpc) is 3.31. The van der Waals surface area contributed by atoms with E-state index in [1.807, 2.05) is 0 Å². The van der Waals surface area contributed by atoms with Crippen molar-refractivity contribution < 1.29 is 4.42 Å². The van der Waals surface area contributed by atoms with Crippen LogP contribution in [0.1, 0.15) is 59.3 Å². The summed E-state index contributed by atoms with van der Waals surface area (Å²) in [4.78, 5) is 2.26. The van der Waals surface area contributed by atoms with Gasteiger partial charge in [-0.2, -0.15) is 0 Å². The van der Waals surface area contributed by atoms with Gasteiger partial charge < -0.3 is 0 Å². The maximum atomic E-state index is 6.83. The number of anilines is 3. The Morgan fingerprint density at radius 2 is 1.06 bits per heavy atom.